The number of hydrogen-bond donors (Lipinski definition) is 0. The number of aromatic nitrogens is 2. The van der Waals surface area contributed by atoms with Crippen molar-refractivity contribution >= 4 is 23.8 Å². The Labute approximate surface area is 128 Å². The molecule has 0 aliphatic heterocycles. The van der Waals surface area contributed by atoms with Crippen LogP contribution in [0, 0.1) is 0 Å². The molecule has 1 aromatic heterocycles. The monoisotopic (exact) mass is 304 g/mol. The highest BCUT2D eigenvalue weighted by molar-refractivity contribution is 6.17. The van der Waals surface area contributed by atoms with Crippen LogP contribution in [0.25, 0.3) is 12.2 Å². The molecule has 0 fully saturated rings. The standard InChI is InChI=1S/C16H17ClN2O2/c1-21-15-8-4-13(5-9-15)3-6-14-7-10-16(20)19(18-14)12-2-11-17/h3-10H,2,11-12H2,1H3. The zero-order valence-electron chi connectivity index (χ0n) is 11.8. The summed E-state index contributed by atoms with van der Waals surface area (Å²) >= 11 is 5.64. The lowest BCUT2D eigenvalue weighted by Gasteiger charge is -2.03. The summed E-state index contributed by atoms with van der Waals surface area (Å²) in [6, 6.07) is 10.9. The van der Waals surface area contributed by atoms with Crippen molar-refractivity contribution in [1.29, 1.82) is 0 Å². The molecule has 0 aliphatic rings. The number of nitrogens with zero attached hydrogens (tertiary/aromatic N) is 2. The summed E-state index contributed by atoms with van der Waals surface area (Å²) in [6.45, 7) is 0.534. The first-order chi connectivity index (χ1) is 10.2. The highest BCUT2D eigenvalue weighted by Crippen LogP contribution is 2.13. The lowest BCUT2D eigenvalue weighted by Crippen LogP contribution is -2.22. The minimum Gasteiger partial charge on any atom is -0.497 e. The molecular formula is C16H17ClN2O2. The van der Waals surface area contributed by atoms with E-state index in [2.05, 4.69) is 5.10 Å². The van der Waals surface area contributed by atoms with Gasteiger partial charge >= 0.3 is 0 Å². The molecule has 21 heavy (non-hydrogen) atoms. The van der Waals surface area contributed by atoms with Gasteiger partial charge in [0.1, 0.15) is 5.75 Å². The third kappa shape index (κ3) is 4.46. The third-order valence-electron chi connectivity index (χ3n) is 2.95. The number of hydrogen-bond acceptors (Lipinski definition) is 3. The minimum absolute atomic E-state index is 0.110. The Hall–Kier alpha value is -2.07. The first-order valence-electron chi connectivity index (χ1n) is 6.69. The number of benzene rings is 1. The van der Waals surface area contributed by atoms with Gasteiger partial charge in [-0.05, 0) is 36.3 Å². The molecule has 2 aromatic rings. The first kappa shape index (κ1) is 15.3. The van der Waals surface area contributed by atoms with Gasteiger partial charge in [0.05, 0.1) is 12.8 Å². The summed E-state index contributed by atoms with van der Waals surface area (Å²) < 4.78 is 6.55. The summed E-state index contributed by atoms with van der Waals surface area (Å²) in [5.41, 5.74) is 1.66. The van der Waals surface area contributed by atoms with Crippen LogP contribution < -0.4 is 10.3 Å². The molecule has 0 bridgehead atoms. The van der Waals surface area contributed by atoms with Crippen LogP contribution in [0.5, 0.6) is 5.75 Å². The Morgan fingerprint density at radius 3 is 2.62 bits per heavy atom. The van der Waals surface area contributed by atoms with Crippen molar-refractivity contribution in [2.24, 2.45) is 0 Å². The normalized spacial score (nSPS) is 11.0. The summed E-state index contributed by atoms with van der Waals surface area (Å²) in [5.74, 6) is 1.33. The van der Waals surface area contributed by atoms with Gasteiger partial charge in [-0.15, -0.1) is 11.6 Å². The lowest BCUT2D eigenvalue weighted by atomic mass is 10.2. The van der Waals surface area contributed by atoms with E-state index in [-0.39, 0.29) is 5.56 Å². The van der Waals surface area contributed by atoms with Gasteiger partial charge in [0.15, 0.2) is 0 Å². The fourth-order valence-corrected chi connectivity index (χ4v) is 1.94. The van der Waals surface area contributed by atoms with Crippen molar-refractivity contribution in [3.8, 4) is 5.75 Å². The Morgan fingerprint density at radius 1 is 1.19 bits per heavy atom. The molecule has 1 aromatic carbocycles. The molecule has 2 rings (SSSR count). The maximum Gasteiger partial charge on any atom is 0.266 e. The van der Waals surface area contributed by atoms with Crippen LogP contribution in [0.4, 0.5) is 0 Å². The van der Waals surface area contributed by atoms with Gasteiger partial charge in [-0.1, -0.05) is 18.2 Å². The van der Waals surface area contributed by atoms with E-state index in [1.165, 1.54) is 10.7 Å². The van der Waals surface area contributed by atoms with E-state index in [4.69, 9.17) is 16.3 Å². The molecule has 0 unspecified atom stereocenters. The smallest absolute Gasteiger partial charge is 0.266 e. The molecule has 0 saturated heterocycles. The number of methoxy groups -OCH3 is 1. The van der Waals surface area contributed by atoms with Crippen LogP contribution in [-0.2, 0) is 6.54 Å². The number of ether oxygens (including phenoxy) is 1. The van der Waals surface area contributed by atoms with E-state index < -0.39 is 0 Å². The van der Waals surface area contributed by atoms with E-state index in [0.717, 1.165) is 23.4 Å². The molecule has 110 valence electrons. The SMILES string of the molecule is COc1ccc(C=Cc2ccc(=O)n(CCCCl)n2)cc1. The summed E-state index contributed by atoms with van der Waals surface area (Å²) in [4.78, 5) is 11.6. The molecule has 0 saturated carbocycles. The van der Waals surface area contributed by atoms with E-state index in [1.54, 1.807) is 13.2 Å². The maximum absolute atomic E-state index is 11.6. The quantitative estimate of drug-likeness (QED) is 0.770. The van der Waals surface area contributed by atoms with Gasteiger partial charge in [0, 0.05) is 18.5 Å². The van der Waals surface area contributed by atoms with Crippen molar-refractivity contribution in [1.82, 2.24) is 9.78 Å². The average Bonchev–Trinajstić information content (AvgIpc) is 2.53. The molecular weight excluding hydrogens is 288 g/mol. The number of alkyl halides is 1. The van der Waals surface area contributed by atoms with E-state index in [1.807, 2.05) is 36.4 Å². The van der Waals surface area contributed by atoms with E-state index in [0.29, 0.717) is 12.4 Å². The van der Waals surface area contributed by atoms with Crippen molar-refractivity contribution in [3.05, 3.63) is 58.0 Å². The topological polar surface area (TPSA) is 44.1 Å². The number of rotatable bonds is 6. The average molecular weight is 305 g/mol. The second-order valence-electron chi connectivity index (χ2n) is 4.47. The Kier molecular flexibility index (Phi) is 5.58. The van der Waals surface area contributed by atoms with Crippen LogP contribution >= 0.6 is 11.6 Å². The maximum atomic E-state index is 11.6. The van der Waals surface area contributed by atoms with Crippen LogP contribution in [0.2, 0.25) is 0 Å². The van der Waals surface area contributed by atoms with Gasteiger partial charge in [-0.3, -0.25) is 4.79 Å². The van der Waals surface area contributed by atoms with Gasteiger partial charge < -0.3 is 4.74 Å². The minimum atomic E-state index is -0.110. The zero-order chi connectivity index (χ0) is 15.1. The first-order valence-corrected chi connectivity index (χ1v) is 7.22. The van der Waals surface area contributed by atoms with Crippen molar-refractivity contribution < 1.29 is 4.74 Å². The second kappa shape index (κ2) is 7.64. The molecule has 0 spiro atoms. The van der Waals surface area contributed by atoms with Gasteiger partial charge in [-0.25, -0.2) is 4.68 Å². The van der Waals surface area contributed by atoms with E-state index >= 15 is 0 Å². The summed E-state index contributed by atoms with van der Waals surface area (Å²) in [7, 11) is 1.64. The molecule has 4 nitrogen and oxygen atoms in total. The molecule has 0 aliphatic carbocycles. The Balaban J connectivity index is 2.14. The largest absolute Gasteiger partial charge is 0.497 e. The predicted octanol–water partition coefficient (Wildman–Crippen LogP) is 3.05. The Morgan fingerprint density at radius 2 is 1.95 bits per heavy atom. The predicted molar refractivity (Wildman–Crippen MR) is 85.8 cm³/mol. The van der Waals surface area contributed by atoms with Crippen molar-refractivity contribution in [2.45, 2.75) is 13.0 Å². The highest BCUT2D eigenvalue weighted by Gasteiger charge is 1.98. The van der Waals surface area contributed by atoms with Gasteiger partial charge in [0.2, 0.25) is 0 Å². The van der Waals surface area contributed by atoms with Crippen LogP contribution in [0.3, 0.4) is 0 Å². The van der Waals surface area contributed by atoms with Crippen LogP contribution in [-0.4, -0.2) is 22.8 Å². The zero-order valence-corrected chi connectivity index (χ0v) is 12.6. The third-order valence-corrected chi connectivity index (χ3v) is 3.22. The molecule has 5 heteroatoms. The van der Waals surface area contributed by atoms with Gasteiger partial charge in [-0.2, -0.15) is 5.10 Å². The van der Waals surface area contributed by atoms with Crippen molar-refractivity contribution in [3.63, 3.8) is 0 Å². The van der Waals surface area contributed by atoms with Crippen LogP contribution in [0.15, 0.2) is 41.2 Å². The Bertz CT molecular complexity index is 663. The van der Waals surface area contributed by atoms with Gasteiger partial charge in [0.25, 0.3) is 5.56 Å². The summed E-state index contributed by atoms with van der Waals surface area (Å²) in [5, 5.41) is 4.29. The molecule has 1 heterocycles. The fraction of sp³-hybridized carbons (Fsp3) is 0.250. The molecule has 0 atom stereocenters. The second-order valence-corrected chi connectivity index (χ2v) is 4.85. The fourth-order valence-electron chi connectivity index (χ4n) is 1.82. The highest BCUT2D eigenvalue weighted by atomic mass is 35.5. The lowest BCUT2D eigenvalue weighted by molar-refractivity contribution is 0.415. The molecule has 0 amide bonds. The number of aryl methyl sites for hydroxylation is 1. The van der Waals surface area contributed by atoms with Crippen molar-refractivity contribution in [2.75, 3.05) is 13.0 Å². The summed E-state index contributed by atoms with van der Waals surface area (Å²) in [6.07, 6.45) is 4.54. The molecule has 0 radical (unpaired) electrons. The van der Waals surface area contributed by atoms with Crippen LogP contribution in [0.1, 0.15) is 17.7 Å². The molecule has 0 N–H and O–H groups in total. The van der Waals surface area contributed by atoms with E-state index in [9.17, 15) is 4.79 Å². The number of halogens is 1.